The predicted octanol–water partition coefficient (Wildman–Crippen LogP) is 3.00. The number of thiophene rings is 1. The second-order valence-electron chi connectivity index (χ2n) is 4.98. The first-order valence-corrected chi connectivity index (χ1v) is 7.05. The van der Waals surface area contributed by atoms with Gasteiger partial charge < -0.3 is 5.73 Å². The van der Waals surface area contributed by atoms with E-state index in [2.05, 4.69) is 41.6 Å². The minimum absolute atomic E-state index is 0.348. The monoisotopic (exact) mass is 246 g/mol. The van der Waals surface area contributed by atoms with Crippen molar-refractivity contribution in [2.24, 2.45) is 5.73 Å². The van der Waals surface area contributed by atoms with Crippen molar-refractivity contribution in [3.05, 3.63) is 35.2 Å². The summed E-state index contributed by atoms with van der Waals surface area (Å²) in [5, 5.41) is 3.74. The van der Waals surface area contributed by atoms with Gasteiger partial charge in [0.25, 0.3) is 0 Å². The second kappa shape index (κ2) is 4.41. The molecule has 2 heterocycles. The normalized spacial score (nSPS) is 26.5. The lowest BCUT2D eigenvalue weighted by atomic mass is 9.93. The quantitative estimate of drug-likeness (QED) is 0.838. The molecule has 2 atom stereocenters. The van der Waals surface area contributed by atoms with Crippen molar-refractivity contribution in [2.45, 2.75) is 24.9 Å². The highest BCUT2D eigenvalue weighted by atomic mass is 32.1. The molecule has 0 aliphatic carbocycles. The van der Waals surface area contributed by atoms with Crippen LogP contribution >= 0.6 is 11.3 Å². The Bertz CT molecular complexity index is 520. The van der Waals surface area contributed by atoms with Gasteiger partial charge in [-0.1, -0.05) is 18.2 Å². The molecular weight excluding hydrogens is 228 g/mol. The Morgan fingerprint density at radius 1 is 1.29 bits per heavy atom. The van der Waals surface area contributed by atoms with Crippen LogP contribution in [0.3, 0.4) is 0 Å². The Hall–Kier alpha value is -0.900. The molecule has 0 spiro atoms. The van der Waals surface area contributed by atoms with Gasteiger partial charge in [-0.2, -0.15) is 0 Å². The Labute approximate surface area is 106 Å². The van der Waals surface area contributed by atoms with Crippen LogP contribution in [0.1, 0.15) is 24.4 Å². The smallest absolute Gasteiger partial charge is 0.0360 e. The van der Waals surface area contributed by atoms with E-state index in [9.17, 15) is 0 Å². The molecule has 1 aromatic carbocycles. The molecule has 17 heavy (non-hydrogen) atoms. The molecule has 0 bridgehead atoms. The minimum Gasteiger partial charge on any atom is -0.327 e. The summed E-state index contributed by atoms with van der Waals surface area (Å²) < 4.78 is 1.39. The number of hydrogen-bond donors (Lipinski definition) is 1. The van der Waals surface area contributed by atoms with Crippen molar-refractivity contribution in [1.29, 1.82) is 0 Å². The van der Waals surface area contributed by atoms with E-state index < -0.39 is 0 Å². The fourth-order valence-corrected chi connectivity index (χ4v) is 3.84. The summed E-state index contributed by atoms with van der Waals surface area (Å²) >= 11 is 1.85. The van der Waals surface area contributed by atoms with Gasteiger partial charge in [-0.15, -0.1) is 11.3 Å². The van der Waals surface area contributed by atoms with Crippen LogP contribution in [0.2, 0.25) is 0 Å². The zero-order chi connectivity index (χ0) is 11.8. The van der Waals surface area contributed by atoms with Gasteiger partial charge in [0.05, 0.1) is 0 Å². The molecule has 1 fully saturated rings. The van der Waals surface area contributed by atoms with Gasteiger partial charge in [-0.3, -0.25) is 4.90 Å². The molecule has 0 amide bonds. The third kappa shape index (κ3) is 1.99. The highest BCUT2D eigenvalue weighted by molar-refractivity contribution is 7.17. The Kier molecular flexibility index (Phi) is 2.90. The average Bonchev–Trinajstić information content (AvgIpc) is 2.73. The van der Waals surface area contributed by atoms with E-state index in [-0.39, 0.29) is 0 Å². The van der Waals surface area contributed by atoms with Crippen LogP contribution in [-0.4, -0.2) is 24.5 Å². The lowest BCUT2D eigenvalue weighted by Crippen LogP contribution is -2.42. The number of nitrogens with zero attached hydrogens (tertiary/aromatic N) is 1. The van der Waals surface area contributed by atoms with E-state index in [0.29, 0.717) is 12.1 Å². The molecular formula is C14H18N2S. The summed E-state index contributed by atoms with van der Waals surface area (Å²) in [6.07, 6.45) is 2.32. The van der Waals surface area contributed by atoms with Gasteiger partial charge in [0.2, 0.25) is 0 Å². The van der Waals surface area contributed by atoms with E-state index in [1.54, 1.807) is 0 Å². The molecule has 2 N–H and O–H groups in total. The van der Waals surface area contributed by atoms with Crippen molar-refractivity contribution in [3.63, 3.8) is 0 Å². The van der Waals surface area contributed by atoms with Crippen LogP contribution in [0.15, 0.2) is 29.6 Å². The number of benzene rings is 1. The summed E-state index contributed by atoms with van der Waals surface area (Å²) in [6.45, 7) is 1.01. The third-order valence-corrected chi connectivity index (χ3v) is 4.72. The average molecular weight is 246 g/mol. The predicted molar refractivity (Wildman–Crippen MR) is 74.4 cm³/mol. The van der Waals surface area contributed by atoms with Crippen LogP contribution in [-0.2, 0) is 0 Å². The first kappa shape index (κ1) is 11.2. The molecule has 1 saturated heterocycles. The summed E-state index contributed by atoms with van der Waals surface area (Å²) in [5.41, 5.74) is 7.50. The van der Waals surface area contributed by atoms with Crippen molar-refractivity contribution >= 4 is 21.4 Å². The lowest BCUT2D eigenvalue weighted by molar-refractivity contribution is 0.171. The zero-order valence-electron chi connectivity index (χ0n) is 10.1. The highest BCUT2D eigenvalue weighted by Gasteiger charge is 2.26. The maximum Gasteiger partial charge on any atom is 0.0360 e. The van der Waals surface area contributed by atoms with Crippen LogP contribution in [0.5, 0.6) is 0 Å². The maximum absolute atomic E-state index is 6.01. The summed E-state index contributed by atoms with van der Waals surface area (Å²) in [4.78, 5) is 2.41. The third-order valence-electron chi connectivity index (χ3n) is 3.74. The lowest BCUT2D eigenvalue weighted by Gasteiger charge is -2.35. The van der Waals surface area contributed by atoms with E-state index in [4.69, 9.17) is 5.73 Å². The number of nitrogens with two attached hydrogens (primary N) is 1. The minimum atomic E-state index is 0.348. The number of rotatable bonds is 1. The van der Waals surface area contributed by atoms with Gasteiger partial charge in [0.15, 0.2) is 0 Å². The second-order valence-corrected chi connectivity index (χ2v) is 5.89. The Balaban J connectivity index is 1.98. The van der Waals surface area contributed by atoms with E-state index in [1.807, 2.05) is 11.3 Å². The van der Waals surface area contributed by atoms with E-state index >= 15 is 0 Å². The van der Waals surface area contributed by atoms with Crippen LogP contribution in [0, 0.1) is 0 Å². The molecule has 1 aliphatic rings. The molecule has 3 heteroatoms. The van der Waals surface area contributed by atoms with Crippen molar-refractivity contribution in [1.82, 2.24) is 4.90 Å². The number of fused-ring (bicyclic) bond motifs is 1. The molecule has 1 aromatic heterocycles. The molecule has 3 rings (SSSR count). The van der Waals surface area contributed by atoms with Gasteiger partial charge >= 0.3 is 0 Å². The number of likely N-dealkylation sites (tertiary alicyclic amines) is 1. The van der Waals surface area contributed by atoms with E-state index in [1.165, 1.54) is 22.1 Å². The van der Waals surface area contributed by atoms with Gasteiger partial charge in [-0.25, -0.2) is 0 Å². The molecule has 2 unspecified atom stereocenters. The number of hydrogen-bond acceptors (Lipinski definition) is 3. The number of likely N-dealkylation sites (N-methyl/N-ethyl adjacent to an activating group) is 1. The molecule has 1 aliphatic heterocycles. The van der Waals surface area contributed by atoms with Crippen molar-refractivity contribution in [2.75, 3.05) is 13.6 Å². The summed E-state index contributed by atoms with van der Waals surface area (Å²) in [6, 6.07) is 9.59. The van der Waals surface area contributed by atoms with Crippen molar-refractivity contribution < 1.29 is 0 Å². The Morgan fingerprint density at radius 2 is 2.12 bits per heavy atom. The zero-order valence-corrected chi connectivity index (χ0v) is 10.9. The Morgan fingerprint density at radius 3 is 2.94 bits per heavy atom. The maximum atomic E-state index is 6.01. The molecule has 2 nitrogen and oxygen atoms in total. The first-order chi connectivity index (χ1) is 8.25. The fraction of sp³-hybridized carbons (Fsp3) is 0.429. The SMILES string of the molecule is CN1CC(N)CCC1c1csc2ccccc12. The topological polar surface area (TPSA) is 29.3 Å². The summed E-state index contributed by atoms with van der Waals surface area (Å²) in [5.74, 6) is 0. The van der Waals surface area contributed by atoms with Crippen LogP contribution in [0.4, 0.5) is 0 Å². The van der Waals surface area contributed by atoms with Crippen LogP contribution < -0.4 is 5.73 Å². The fourth-order valence-electron chi connectivity index (χ4n) is 2.83. The standard InChI is InChI=1S/C14H18N2S/c1-16-8-10(15)6-7-13(16)12-9-17-14-5-3-2-4-11(12)14/h2-5,9-10,13H,6-8,15H2,1H3. The number of piperidine rings is 1. The van der Waals surface area contributed by atoms with Crippen LogP contribution in [0.25, 0.3) is 10.1 Å². The van der Waals surface area contributed by atoms with Gasteiger partial charge in [0, 0.05) is 23.3 Å². The highest BCUT2D eigenvalue weighted by Crippen LogP contribution is 2.36. The van der Waals surface area contributed by atoms with Gasteiger partial charge in [-0.05, 0) is 42.3 Å². The van der Waals surface area contributed by atoms with Crippen molar-refractivity contribution in [3.8, 4) is 0 Å². The first-order valence-electron chi connectivity index (χ1n) is 6.17. The molecule has 2 aromatic rings. The van der Waals surface area contributed by atoms with E-state index in [0.717, 1.165) is 13.0 Å². The molecule has 0 radical (unpaired) electrons. The molecule has 0 saturated carbocycles. The molecule has 90 valence electrons. The largest absolute Gasteiger partial charge is 0.327 e. The van der Waals surface area contributed by atoms with Gasteiger partial charge in [0.1, 0.15) is 0 Å². The summed E-state index contributed by atoms with van der Waals surface area (Å²) in [7, 11) is 2.19.